The Morgan fingerprint density at radius 1 is 0.583 bits per heavy atom. The number of aldehydes is 2. The fourth-order valence-electron chi connectivity index (χ4n) is 2.54. The lowest BCUT2D eigenvalue weighted by atomic mass is 10.1. The lowest BCUT2D eigenvalue weighted by Crippen LogP contribution is -2.10. The molecule has 0 aliphatic carbocycles. The van der Waals surface area contributed by atoms with Crippen molar-refractivity contribution in [2.75, 3.05) is 4.90 Å². The molecule has 0 saturated carbocycles. The molecule has 0 amide bonds. The maximum atomic E-state index is 10.9. The van der Waals surface area contributed by atoms with E-state index in [2.05, 4.69) is 29.2 Å². The van der Waals surface area contributed by atoms with Crippen LogP contribution in [0.3, 0.4) is 0 Å². The summed E-state index contributed by atoms with van der Waals surface area (Å²) in [6.45, 7) is 2.05. The SMILES string of the molecule is Cc1ccc(N(c2ccc(C=O)cc2)c2ccc(C=O)cc2)cc1. The molecule has 0 saturated heterocycles. The molecule has 0 bridgehead atoms. The quantitative estimate of drug-likeness (QED) is 0.615. The van der Waals surface area contributed by atoms with Crippen molar-refractivity contribution >= 4 is 29.6 Å². The molecule has 3 aromatic carbocycles. The van der Waals surface area contributed by atoms with Gasteiger partial charge in [0.25, 0.3) is 0 Å². The van der Waals surface area contributed by atoms with E-state index in [4.69, 9.17) is 0 Å². The summed E-state index contributed by atoms with van der Waals surface area (Å²) in [5, 5.41) is 0. The molecule has 0 radical (unpaired) electrons. The first-order valence-corrected chi connectivity index (χ1v) is 7.68. The molecule has 0 aliphatic heterocycles. The van der Waals surface area contributed by atoms with Crippen LogP contribution in [0.5, 0.6) is 0 Å². The normalized spacial score (nSPS) is 10.2. The molecule has 0 unspecified atom stereocenters. The van der Waals surface area contributed by atoms with Gasteiger partial charge in [-0.1, -0.05) is 17.7 Å². The molecule has 0 fully saturated rings. The third-order valence-corrected chi connectivity index (χ3v) is 3.87. The number of benzene rings is 3. The van der Waals surface area contributed by atoms with Crippen molar-refractivity contribution in [2.24, 2.45) is 0 Å². The van der Waals surface area contributed by atoms with E-state index in [1.54, 1.807) is 24.3 Å². The third kappa shape index (κ3) is 3.25. The summed E-state index contributed by atoms with van der Waals surface area (Å²) in [5.41, 5.74) is 5.37. The van der Waals surface area contributed by atoms with Crippen LogP contribution in [0.25, 0.3) is 0 Å². The third-order valence-electron chi connectivity index (χ3n) is 3.87. The van der Waals surface area contributed by atoms with Gasteiger partial charge in [-0.15, -0.1) is 0 Å². The van der Waals surface area contributed by atoms with E-state index < -0.39 is 0 Å². The van der Waals surface area contributed by atoms with Gasteiger partial charge in [0.15, 0.2) is 0 Å². The number of nitrogens with zero attached hydrogens (tertiary/aromatic N) is 1. The lowest BCUT2D eigenvalue weighted by Gasteiger charge is -2.25. The molecule has 0 atom stereocenters. The van der Waals surface area contributed by atoms with Crippen LogP contribution >= 0.6 is 0 Å². The Labute approximate surface area is 141 Å². The number of hydrogen-bond donors (Lipinski definition) is 0. The van der Waals surface area contributed by atoms with Crippen LogP contribution in [0.2, 0.25) is 0 Å². The standard InChI is InChI=1S/C21H17NO2/c1-16-2-8-19(9-3-16)22(20-10-4-17(14-23)5-11-20)21-12-6-18(15-24)7-13-21/h2-15H,1H3. The first-order chi connectivity index (χ1) is 11.7. The summed E-state index contributed by atoms with van der Waals surface area (Å²) < 4.78 is 0. The minimum Gasteiger partial charge on any atom is -0.311 e. The molecule has 3 aromatic rings. The predicted molar refractivity (Wildman–Crippen MR) is 96.6 cm³/mol. The van der Waals surface area contributed by atoms with E-state index >= 15 is 0 Å². The van der Waals surface area contributed by atoms with Crippen molar-refractivity contribution < 1.29 is 9.59 Å². The van der Waals surface area contributed by atoms with Crippen LogP contribution in [0.15, 0.2) is 72.8 Å². The Morgan fingerprint density at radius 3 is 1.25 bits per heavy atom. The van der Waals surface area contributed by atoms with Crippen molar-refractivity contribution in [3.05, 3.63) is 89.5 Å². The van der Waals surface area contributed by atoms with Gasteiger partial charge in [-0.2, -0.15) is 0 Å². The molecule has 3 heteroatoms. The van der Waals surface area contributed by atoms with Crippen LogP contribution in [0.4, 0.5) is 17.1 Å². The first kappa shape index (κ1) is 15.7. The second-order valence-corrected chi connectivity index (χ2v) is 5.59. The summed E-state index contributed by atoms with van der Waals surface area (Å²) in [6.07, 6.45) is 1.66. The average Bonchev–Trinajstić information content (AvgIpc) is 2.64. The number of rotatable bonds is 5. The summed E-state index contributed by atoms with van der Waals surface area (Å²) >= 11 is 0. The predicted octanol–water partition coefficient (Wildman–Crippen LogP) is 5.09. The van der Waals surface area contributed by atoms with Gasteiger partial charge < -0.3 is 4.90 Å². The number of aryl methyl sites for hydroxylation is 1. The van der Waals surface area contributed by atoms with E-state index in [1.807, 2.05) is 31.2 Å². The van der Waals surface area contributed by atoms with Gasteiger partial charge in [-0.25, -0.2) is 0 Å². The topological polar surface area (TPSA) is 37.4 Å². The highest BCUT2D eigenvalue weighted by molar-refractivity contribution is 5.82. The number of hydrogen-bond acceptors (Lipinski definition) is 3. The minimum atomic E-state index is 0.638. The highest BCUT2D eigenvalue weighted by Crippen LogP contribution is 2.34. The van der Waals surface area contributed by atoms with Crippen LogP contribution in [-0.4, -0.2) is 12.6 Å². The van der Waals surface area contributed by atoms with E-state index in [9.17, 15) is 9.59 Å². The molecule has 0 spiro atoms. The zero-order valence-corrected chi connectivity index (χ0v) is 13.3. The van der Waals surface area contributed by atoms with Crippen molar-refractivity contribution in [1.29, 1.82) is 0 Å². The van der Waals surface area contributed by atoms with Gasteiger partial charge in [0.05, 0.1) is 0 Å². The maximum Gasteiger partial charge on any atom is 0.150 e. The highest BCUT2D eigenvalue weighted by Gasteiger charge is 2.12. The van der Waals surface area contributed by atoms with Gasteiger partial charge in [-0.05, 0) is 67.6 Å². The van der Waals surface area contributed by atoms with Gasteiger partial charge >= 0.3 is 0 Å². The van der Waals surface area contributed by atoms with E-state index in [-0.39, 0.29) is 0 Å². The Bertz CT molecular complexity index is 783. The Morgan fingerprint density at radius 2 is 0.917 bits per heavy atom. The Balaban J connectivity index is 2.09. The highest BCUT2D eigenvalue weighted by atomic mass is 16.1. The van der Waals surface area contributed by atoms with E-state index in [0.29, 0.717) is 11.1 Å². The zero-order chi connectivity index (χ0) is 16.9. The molecule has 118 valence electrons. The molecule has 0 aromatic heterocycles. The maximum absolute atomic E-state index is 10.9. The van der Waals surface area contributed by atoms with Crippen molar-refractivity contribution in [3.8, 4) is 0 Å². The molecule has 3 rings (SSSR count). The molecule has 24 heavy (non-hydrogen) atoms. The van der Waals surface area contributed by atoms with Gasteiger partial charge in [-0.3, -0.25) is 9.59 Å². The second-order valence-electron chi connectivity index (χ2n) is 5.59. The van der Waals surface area contributed by atoms with Crippen LogP contribution in [0, 0.1) is 6.92 Å². The molecule has 0 aliphatic rings. The minimum absolute atomic E-state index is 0.638. The van der Waals surface area contributed by atoms with Crippen molar-refractivity contribution in [2.45, 2.75) is 6.92 Å². The Hall–Kier alpha value is -3.20. The number of anilines is 3. The van der Waals surface area contributed by atoms with Crippen molar-refractivity contribution in [3.63, 3.8) is 0 Å². The first-order valence-electron chi connectivity index (χ1n) is 7.68. The van der Waals surface area contributed by atoms with Gasteiger partial charge in [0.1, 0.15) is 12.6 Å². The average molecular weight is 315 g/mol. The molecular weight excluding hydrogens is 298 g/mol. The monoisotopic (exact) mass is 315 g/mol. The molecule has 0 heterocycles. The summed E-state index contributed by atoms with van der Waals surface area (Å²) in [7, 11) is 0. The smallest absolute Gasteiger partial charge is 0.150 e. The molecule has 3 nitrogen and oxygen atoms in total. The van der Waals surface area contributed by atoms with Crippen LogP contribution < -0.4 is 4.90 Å². The second kappa shape index (κ2) is 6.92. The van der Waals surface area contributed by atoms with E-state index in [1.165, 1.54) is 5.56 Å². The lowest BCUT2D eigenvalue weighted by molar-refractivity contribution is 0.111. The molecular formula is C21H17NO2. The number of carbonyl (C=O) groups is 2. The summed E-state index contributed by atoms with van der Waals surface area (Å²) in [5.74, 6) is 0. The van der Waals surface area contributed by atoms with E-state index in [0.717, 1.165) is 29.6 Å². The van der Waals surface area contributed by atoms with Crippen LogP contribution in [0.1, 0.15) is 26.3 Å². The number of carbonyl (C=O) groups excluding carboxylic acids is 2. The summed E-state index contributed by atoms with van der Waals surface area (Å²) in [4.78, 5) is 23.9. The fourth-order valence-corrected chi connectivity index (χ4v) is 2.54. The van der Waals surface area contributed by atoms with Gasteiger partial charge in [0.2, 0.25) is 0 Å². The van der Waals surface area contributed by atoms with Gasteiger partial charge in [0, 0.05) is 28.2 Å². The largest absolute Gasteiger partial charge is 0.311 e. The Kier molecular flexibility index (Phi) is 4.52. The van der Waals surface area contributed by atoms with Crippen molar-refractivity contribution in [1.82, 2.24) is 0 Å². The van der Waals surface area contributed by atoms with Crippen LogP contribution in [-0.2, 0) is 0 Å². The zero-order valence-electron chi connectivity index (χ0n) is 13.3. The fraction of sp³-hybridized carbons (Fsp3) is 0.0476. The summed E-state index contributed by atoms with van der Waals surface area (Å²) in [6, 6.07) is 23.1. The molecule has 0 N–H and O–H groups in total.